The Bertz CT molecular complexity index is 415. The Kier molecular flexibility index (Phi) is 4.24. The molecule has 0 aliphatic rings. The molecule has 3 nitrogen and oxygen atoms in total. The monoisotopic (exact) mass is 385 g/mol. The Hall–Kier alpha value is -0.280. The summed E-state index contributed by atoms with van der Waals surface area (Å²) in [6.45, 7) is 0. The van der Waals surface area contributed by atoms with Crippen molar-refractivity contribution in [2.75, 3.05) is 0 Å². The van der Waals surface area contributed by atoms with Crippen LogP contribution in [-0.2, 0) is 0 Å². The molecule has 1 aromatic heterocycles. The summed E-state index contributed by atoms with van der Waals surface area (Å²) in [5.74, 6) is -0.656. The second kappa shape index (κ2) is 4.92. The molecule has 1 heterocycles. The number of aromatic nitrogens is 1. The van der Waals surface area contributed by atoms with E-state index in [9.17, 15) is 18.0 Å². The molecule has 0 saturated carbocycles. The van der Waals surface area contributed by atoms with Crippen LogP contribution in [0.1, 0.15) is 10.5 Å². The molecule has 0 atom stereocenters. The van der Waals surface area contributed by atoms with E-state index in [4.69, 9.17) is 23.2 Å². The van der Waals surface area contributed by atoms with Crippen LogP contribution in [0, 0.1) is 3.70 Å². The van der Waals surface area contributed by atoms with Crippen LogP contribution in [0.25, 0.3) is 0 Å². The number of ether oxygens (including phenoxy) is 1. The van der Waals surface area contributed by atoms with Gasteiger partial charge in [-0.25, -0.2) is 4.98 Å². The Morgan fingerprint density at radius 1 is 1.50 bits per heavy atom. The van der Waals surface area contributed by atoms with E-state index >= 15 is 0 Å². The van der Waals surface area contributed by atoms with E-state index in [-0.39, 0.29) is 14.4 Å². The predicted molar refractivity (Wildman–Crippen MR) is 58.8 cm³/mol. The molecule has 16 heavy (non-hydrogen) atoms. The highest BCUT2D eigenvalue weighted by Crippen LogP contribution is 2.34. The van der Waals surface area contributed by atoms with Crippen LogP contribution >= 0.6 is 45.8 Å². The minimum Gasteiger partial charge on any atom is -0.401 e. The number of pyridine rings is 1. The lowest BCUT2D eigenvalue weighted by Crippen LogP contribution is -2.18. The smallest absolute Gasteiger partial charge is 0.401 e. The van der Waals surface area contributed by atoms with E-state index < -0.39 is 17.4 Å². The Balaban J connectivity index is 3.18. The van der Waals surface area contributed by atoms with Gasteiger partial charge in [0.05, 0.1) is 5.02 Å². The fraction of sp³-hybridized carbons (Fsp3) is 0.143. The van der Waals surface area contributed by atoms with Crippen LogP contribution in [0.4, 0.5) is 13.2 Å². The number of rotatable bonds is 2. The van der Waals surface area contributed by atoms with Crippen molar-refractivity contribution in [1.82, 2.24) is 4.98 Å². The molecule has 0 amide bonds. The minimum absolute atomic E-state index is 0.202. The lowest BCUT2D eigenvalue weighted by molar-refractivity contribution is -0.275. The third kappa shape index (κ3) is 3.63. The minimum atomic E-state index is -4.88. The van der Waals surface area contributed by atoms with Gasteiger partial charge in [0.2, 0.25) is 0 Å². The molecule has 0 aliphatic heterocycles. The third-order valence-electron chi connectivity index (χ3n) is 1.31. The van der Waals surface area contributed by atoms with Crippen molar-refractivity contribution in [2.24, 2.45) is 0 Å². The number of carbonyl (C=O) groups excluding carboxylic acids is 1. The summed E-state index contributed by atoms with van der Waals surface area (Å²) in [4.78, 5) is 14.2. The first-order valence-electron chi connectivity index (χ1n) is 3.52. The standard InChI is InChI=1S/C7HCl2F3INO2/c8-2-1-3(5(9)15)14-6(13)4(2)16-7(10,11)12/h1H. The highest BCUT2D eigenvalue weighted by Gasteiger charge is 2.33. The van der Waals surface area contributed by atoms with Gasteiger partial charge in [-0.15, -0.1) is 13.2 Å². The summed E-state index contributed by atoms with van der Waals surface area (Å²) in [6, 6.07) is 0.903. The van der Waals surface area contributed by atoms with Crippen LogP contribution < -0.4 is 4.74 Å². The van der Waals surface area contributed by atoms with E-state index in [1.54, 1.807) is 0 Å². The van der Waals surface area contributed by atoms with Crippen LogP contribution in [-0.4, -0.2) is 16.6 Å². The number of nitrogens with zero attached hydrogens (tertiary/aromatic N) is 1. The highest BCUT2D eigenvalue weighted by molar-refractivity contribution is 14.1. The van der Waals surface area contributed by atoms with E-state index in [0.29, 0.717) is 0 Å². The summed E-state index contributed by atoms with van der Waals surface area (Å²) in [5, 5.41) is -1.31. The van der Waals surface area contributed by atoms with Crippen LogP contribution in [0.5, 0.6) is 5.75 Å². The first-order valence-corrected chi connectivity index (χ1v) is 5.36. The summed E-state index contributed by atoms with van der Waals surface area (Å²) in [5.41, 5.74) is -0.245. The predicted octanol–water partition coefficient (Wildman–Crippen LogP) is 3.62. The molecule has 0 bridgehead atoms. The van der Waals surface area contributed by atoms with Gasteiger partial charge in [-0.2, -0.15) is 0 Å². The number of carbonyl (C=O) groups is 1. The molecule has 9 heteroatoms. The second-order valence-electron chi connectivity index (χ2n) is 2.43. The van der Waals surface area contributed by atoms with Crippen LogP contribution in [0.2, 0.25) is 5.02 Å². The van der Waals surface area contributed by atoms with Gasteiger partial charge >= 0.3 is 6.36 Å². The molecular weight excluding hydrogens is 385 g/mol. The maximum absolute atomic E-state index is 12.0. The summed E-state index contributed by atoms with van der Waals surface area (Å²) >= 11 is 12.1. The molecule has 0 aromatic carbocycles. The molecule has 0 fully saturated rings. The topological polar surface area (TPSA) is 39.2 Å². The molecule has 88 valence electrons. The molecule has 0 spiro atoms. The summed E-state index contributed by atoms with van der Waals surface area (Å²) in [6.07, 6.45) is -4.88. The lowest BCUT2D eigenvalue weighted by atomic mass is 10.3. The molecule has 0 aliphatic carbocycles. The molecule has 0 N–H and O–H groups in total. The van der Waals surface area contributed by atoms with Gasteiger partial charge in [-0.05, 0) is 40.3 Å². The van der Waals surface area contributed by atoms with Crippen molar-refractivity contribution < 1.29 is 22.7 Å². The second-order valence-corrected chi connectivity index (χ2v) is 4.20. The quantitative estimate of drug-likeness (QED) is 0.443. The zero-order valence-electron chi connectivity index (χ0n) is 7.11. The SMILES string of the molecule is O=C(Cl)c1cc(Cl)c(OC(F)(F)F)c(I)n1. The van der Waals surface area contributed by atoms with Crippen LogP contribution in [0.3, 0.4) is 0 Å². The number of hydrogen-bond acceptors (Lipinski definition) is 3. The van der Waals surface area contributed by atoms with Crippen molar-refractivity contribution in [3.05, 3.63) is 20.5 Å². The zero-order valence-corrected chi connectivity index (χ0v) is 10.8. The molecular formula is C7HCl2F3INO2. The fourth-order valence-electron chi connectivity index (χ4n) is 0.780. The largest absolute Gasteiger partial charge is 0.573 e. The van der Waals surface area contributed by atoms with Gasteiger partial charge in [0, 0.05) is 0 Å². The van der Waals surface area contributed by atoms with E-state index in [1.807, 2.05) is 0 Å². The Labute approximate surface area is 111 Å². The fourth-order valence-corrected chi connectivity index (χ4v) is 1.93. The van der Waals surface area contributed by atoms with Gasteiger partial charge in [0.15, 0.2) is 5.75 Å². The number of hydrogen-bond donors (Lipinski definition) is 0. The first kappa shape index (κ1) is 13.8. The van der Waals surface area contributed by atoms with Crippen molar-refractivity contribution >= 4 is 51.0 Å². The van der Waals surface area contributed by atoms with Crippen molar-refractivity contribution in [3.8, 4) is 5.75 Å². The van der Waals surface area contributed by atoms with Gasteiger partial charge in [-0.3, -0.25) is 4.79 Å². The summed E-state index contributed by atoms with van der Waals surface area (Å²) < 4.78 is 39.3. The Morgan fingerprint density at radius 2 is 2.06 bits per heavy atom. The van der Waals surface area contributed by atoms with E-state index in [1.165, 1.54) is 22.6 Å². The van der Waals surface area contributed by atoms with E-state index in [0.717, 1.165) is 6.07 Å². The van der Waals surface area contributed by atoms with Gasteiger partial charge < -0.3 is 4.74 Å². The highest BCUT2D eigenvalue weighted by atomic mass is 127. The van der Waals surface area contributed by atoms with Gasteiger partial charge in [0.1, 0.15) is 9.39 Å². The lowest BCUT2D eigenvalue weighted by Gasteiger charge is -2.11. The Morgan fingerprint density at radius 3 is 2.44 bits per heavy atom. The maximum Gasteiger partial charge on any atom is 0.573 e. The third-order valence-corrected chi connectivity index (χ3v) is 2.51. The average Bonchev–Trinajstić information content (AvgIpc) is 2.09. The zero-order chi connectivity index (χ0) is 12.5. The first-order chi connectivity index (χ1) is 7.20. The number of alkyl halides is 3. The van der Waals surface area contributed by atoms with Gasteiger partial charge in [-0.1, -0.05) is 11.6 Å². The normalized spacial score (nSPS) is 11.4. The number of halogens is 6. The molecule has 0 unspecified atom stereocenters. The summed E-state index contributed by atoms with van der Waals surface area (Å²) in [7, 11) is 0. The molecule has 1 aromatic rings. The van der Waals surface area contributed by atoms with Crippen LogP contribution in [0.15, 0.2) is 6.07 Å². The van der Waals surface area contributed by atoms with Crippen molar-refractivity contribution in [1.29, 1.82) is 0 Å². The molecule has 0 saturated heterocycles. The molecule has 1 rings (SSSR count). The van der Waals surface area contributed by atoms with Crippen molar-refractivity contribution in [2.45, 2.75) is 6.36 Å². The maximum atomic E-state index is 12.0. The van der Waals surface area contributed by atoms with Crippen molar-refractivity contribution in [3.63, 3.8) is 0 Å². The van der Waals surface area contributed by atoms with Gasteiger partial charge in [0.25, 0.3) is 5.24 Å². The average molecular weight is 386 g/mol. The molecule has 0 radical (unpaired) electrons. The van der Waals surface area contributed by atoms with E-state index in [2.05, 4.69) is 9.72 Å².